The van der Waals surface area contributed by atoms with Crippen molar-refractivity contribution in [1.82, 2.24) is 0 Å². The van der Waals surface area contributed by atoms with Gasteiger partial charge < -0.3 is 4.74 Å². The van der Waals surface area contributed by atoms with Crippen LogP contribution in [0.5, 0.6) is 11.5 Å². The smallest absolute Gasteiger partial charge is 0.150 e. The molecule has 0 aliphatic carbocycles. The Labute approximate surface area is 119 Å². The topological polar surface area (TPSA) is 9.23 Å². The first-order valence-corrected chi connectivity index (χ1v) is 6.37. The Morgan fingerprint density at radius 3 is 2.50 bits per heavy atom. The molecule has 1 nitrogen and oxygen atoms in total. The van der Waals surface area contributed by atoms with Gasteiger partial charge in [0.05, 0.1) is 15.9 Å². The van der Waals surface area contributed by atoms with Crippen molar-refractivity contribution in [2.75, 3.05) is 0 Å². The van der Waals surface area contributed by atoms with Crippen molar-refractivity contribution >= 4 is 34.8 Å². The van der Waals surface area contributed by atoms with Crippen molar-refractivity contribution in [2.45, 2.75) is 5.88 Å². The summed E-state index contributed by atoms with van der Waals surface area (Å²) in [5, 5.41) is 0.601. The zero-order valence-corrected chi connectivity index (χ0v) is 11.4. The van der Waals surface area contributed by atoms with Gasteiger partial charge in [0, 0.05) is 5.56 Å². The van der Waals surface area contributed by atoms with Gasteiger partial charge in [0.1, 0.15) is 17.3 Å². The summed E-state index contributed by atoms with van der Waals surface area (Å²) in [5.41, 5.74) is 0.740. The summed E-state index contributed by atoms with van der Waals surface area (Å²) in [6.45, 7) is 0. The van der Waals surface area contributed by atoms with E-state index in [0.29, 0.717) is 16.5 Å². The van der Waals surface area contributed by atoms with E-state index in [0.717, 1.165) is 5.56 Å². The van der Waals surface area contributed by atoms with Crippen molar-refractivity contribution in [2.24, 2.45) is 0 Å². The minimum Gasteiger partial charge on any atom is -0.454 e. The molecule has 2 rings (SSSR count). The van der Waals surface area contributed by atoms with Crippen LogP contribution in [-0.2, 0) is 5.88 Å². The molecular formula is C13H8Cl3FO. The molecule has 0 radical (unpaired) electrons. The molecule has 0 atom stereocenters. The lowest BCUT2D eigenvalue weighted by Gasteiger charge is -2.12. The minimum atomic E-state index is -0.427. The molecular weight excluding hydrogens is 297 g/mol. The van der Waals surface area contributed by atoms with E-state index in [2.05, 4.69) is 0 Å². The molecule has 0 saturated carbocycles. The molecule has 0 aliphatic heterocycles. The van der Waals surface area contributed by atoms with Crippen LogP contribution >= 0.6 is 34.8 Å². The second-order valence-electron chi connectivity index (χ2n) is 3.54. The maximum Gasteiger partial charge on any atom is 0.150 e. The van der Waals surface area contributed by atoms with Crippen molar-refractivity contribution < 1.29 is 9.13 Å². The Morgan fingerprint density at radius 2 is 1.83 bits per heavy atom. The van der Waals surface area contributed by atoms with Gasteiger partial charge in [-0.25, -0.2) is 4.39 Å². The summed E-state index contributed by atoms with van der Waals surface area (Å²) in [6.07, 6.45) is 0. The first-order valence-electron chi connectivity index (χ1n) is 5.08. The number of hydrogen-bond donors (Lipinski definition) is 0. The fourth-order valence-electron chi connectivity index (χ4n) is 1.44. The van der Waals surface area contributed by atoms with Crippen LogP contribution in [0.4, 0.5) is 4.39 Å². The van der Waals surface area contributed by atoms with Gasteiger partial charge in [0.25, 0.3) is 0 Å². The Kier molecular flexibility index (Phi) is 4.33. The zero-order valence-electron chi connectivity index (χ0n) is 9.09. The predicted octanol–water partition coefficient (Wildman–Crippen LogP) is 5.66. The van der Waals surface area contributed by atoms with E-state index in [-0.39, 0.29) is 10.9 Å². The van der Waals surface area contributed by atoms with Crippen molar-refractivity contribution in [3.63, 3.8) is 0 Å². The third-order valence-corrected chi connectivity index (χ3v) is 3.18. The van der Waals surface area contributed by atoms with Gasteiger partial charge in [-0.05, 0) is 24.3 Å². The highest BCUT2D eigenvalue weighted by molar-refractivity contribution is 6.33. The third kappa shape index (κ3) is 2.89. The van der Waals surface area contributed by atoms with E-state index in [1.54, 1.807) is 18.2 Å². The van der Waals surface area contributed by atoms with Crippen molar-refractivity contribution in [3.8, 4) is 11.5 Å². The van der Waals surface area contributed by atoms with Crippen LogP contribution < -0.4 is 4.74 Å². The second kappa shape index (κ2) is 5.79. The highest BCUT2D eigenvalue weighted by Crippen LogP contribution is 2.36. The highest BCUT2D eigenvalue weighted by Gasteiger charge is 2.11. The SMILES string of the molecule is Fc1ccc(Oc2c(Cl)cccc2CCl)c(Cl)c1. The van der Waals surface area contributed by atoms with Gasteiger partial charge in [0.2, 0.25) is 0 Å². The quantitative estimate of drug-likeness (QED) is 0.664. The molecule has 5 heteroatoms. The molecule has 0 fully saturated rings. The Hall–Kier alpha value is -0.960. The molecule has 0 amide bonds. The molecule has 0 unspecified atom stereocenters. The van der Waals surface area contributed by atoms with Gasteiger partial charge in [-0.3, -0.25) is 0 Å². The van der Waals surface area contributed by atoms with Gasteiger partial charge in [-0.15, -0.1) is 11.6 Å². The molecule has 0 aromatic heterocycles. The molecule has 2 aromatic rings. The maximum absolute atomic E-state index is 12.9. The molecule has 0 saturated heterocycles. The number of para-hydroxylation sites is 1. The molecule has 0 aliphatic rings. The van der Waals surface area contributed by atoms with Crippen LogP contribution in [0.25, 0.3) is 0 Å². The van der Waals surface area contributed by atoms with Crippen LogP contribution in [0, 0.1) is 5.82 Å². The van der Waals surface area contributed by atoms with E-state index >= 15 is 0 Å². The maximum atomic E-state index is 12.9. The van der Waals surface area contributed by atoms with Crippen molar-refractivity contribution in [3.05, 3.63) is 57.8 Å². The summed E-state index contributed by atoms with van der Waals surface area (Å²) in [4.78, 5) is 0. The lowest BCUT2D eigenvalue weighted by Crippen LogP contribution is -1.91. The summed E-state index contributed by atoms with van der Waals surface area (Å²) in [7, 11) is 0. The molecule has 0 spiro atoms. The molecule has 18 heavy (non-hydrogen) atoms. The van der Waals surface area contributed by atoms with E-state index in [9.17, 15) is 4.39 Å². The largest absolute Gasteiger partial charge is 0.454 e. The lowest BCUT2D eigenvalue weighted by atomic mass is 10.2. The second-order valence-corrected chi connectivity index (χ2v) is 4.62. The standard InChI is InChI=1S/C13H8Cl3FO/c14-7-8-2-1-3-10(15)13(8)18-12-5-4-9(17)6-11(12)16/h1-6H,7H2. The number of halogens is 4. The minimum absolute atomic E-state index is 0.176. The number of ether oxygens (including phenoxy) is 1. The van der Waals surface area contributed by atoms with Crippen LogP contribution in [-0.4, -0.2) is 0 Å². The molecule has 0 bridgehead atoms. The number of benzene rings is 2. The number of hydrogen-bond acceptors (Lipinski definition) is 1. The predicted molar refractivity (Wildman–Crippen MR) is 72.5 cm³/mol. The first-order chi connectivity index (χ1) is 8.61. The third-order valence-electron chi connectivity index (χ3n) is 2.30. The average Bonchev–Trinajstić information content (AvgIpc) is 2.34. The normalized spacial score (nSPS) is 10.4. The van der Waals surface area contributed by atoms with Crippen LogP contribution in [0.1, 0.15) is 5.56 Å². The monoisotopic (exact) mass is 304 g/mol. The molecule has 0 N–H and O–H groups in total. The molecule has 94 valence electrons. The summed E-state index contributed by atoms with van der Waals surface area (Å²) in [6, 6.07) is 9.14. The van der Waals surface area contributed by atoms with Gasteiger partial charge in [0.15, 0.2) is 0 Å². The van der Waals surface area contributed by atoms with Crippen LogP contribution in [0.3, 0.4) is 0 Å². The Balaban J connectivity index is 2.39. The Bertz CT molecular complexity index is 572. The summed E-state index contributed by atoms with van der Waals surface area (Å²) < 4.78 is 18.5. The van der Waals surface area contributed by atoms with Crippen LogP contribution in [0.2, 0.25) is 10.0 Å². The molecule has 0 heterocycles. The number of rotatable bonds is 3. The zero-order chi connectivity index (χ0) is 13.1. The fourth-order valence-corrected chi connectivity index (χ4v) is 2.09. The summed E-state index contributed by atoms with van der Waals surface area (Å²) in [5.74, 6) is 0.596. The fraction of sp³-hybridized carbons (Fsp3) is 0.0769. The highest BCUT2D eigenvalue weighted by atomic mass is 35.5. The Morgan fingerprint density at radius 1 is 1.06 bits per heavy atom. The van der Waals surface area contributed by atoms with E-state index in [1.807, 2.05) is 0 Å². The van der Waals surface area contributed by atoms with Crippen molar-refractivity contribution in [1.29, 1.82) is 0 Å². The average molecular weight is 306 g/mol. The summed E-state index contributed by atoms with van der Waals surface area (Å²) >= 11 is 17.7. The van der Waals surface area contributed by atoms with Gasteiger partial charge in [-0.2, -0.15) is 0 Å². The number of alkyl halides is 1. The van der Waals surface area contributed by atoms with Gasteiger partial charge >= 0.3 is 0 Å². The molecule has 2 aromatic carbocycles. The van der Waals surface area contributed by atoms with E-state index in [4.69, 9.17) is 39.5 Å². The van der Waals surface area contributed by atoms with E-state index in [1.165, 1.54) is 18.2 Å². The lowest BCUT2D eigenvalue weighted by molar-refractivity contribution is 0.477. The van der Waals surface area contributed by atoms with Crippen LogP contribution in [0.15, 0.2) is 36.4 Å². The first kappa shape index (κ1) is 13.5. The van der Waals surface area contributed by atoms with E-state index < -0.39 is 5.82 Å². The van der Waals surface area contributed by atoms with Gasteiger partial charge in [-0.1, -0.05) is 35.3 Å².